The van der Waals surface area contributed by atoms with Gasteiger partial charge in [0.2, 0.25) is 0 Å². The van der Waals surface area contributed by atoms with E-state index in [9.17, 15) is 0 Å². The van der Waals surface area contributed by atoms with Gasteiger partial charge in [0.1, 0.15) is 0 Å². The van der Waals surface area contributed by atoms with Crippen molar-refractivity contribution >= 4 is 16.6 Å². The van der Waals surface area contributed by atoms with Gasteiger partial charge in [-0.2, -0.15) is 0 Å². The second kappa shape index (κ2) is 4.94. The van der Waals surface area contributed by atoms with E-state index in [0.717, 1.165) is 33.2 Å². The van der Waals surface area contributed by atoms with Gasteiger partial charge >= 0.3 is 0 Å². The molecule has 0 amide bonds. The highest BCUT2D eigenvalue weighted by Crippen LogP contribution is 2.69. The van der Waals surface area contributed by atoms with Crippen LogP contribution in [0.5, 0.6) is 0 Å². The second-order valence-corrected chi connectivity index (χ2v) is 19.0. The summed E-state index contributed by atoms with van der Waals surface area (Å²) < 4.78 is 7.72. The van der Waals surface area contributed by atoms with Gasteiger partial charge in [-0.1, -0.05) is 79.1 Å². The van der Waals surface area contributed by atoms with E-state index in [1.807, 2.05) is 0 Å². The van der Waals surface area contributed by atoms with Crippen molar-refractivity contribution in [1.82, 2.24) is 0 Å². The van der Waals surface area contributed by atoms with E-state index < -0.39 is 16.6 Å². The predicted octanol–water partition coefficient (Wildman–Crippen LogP) is 6.37. The lowest BCUT2D eigenvalue weighted by Gasteiger charge is -2.48. The molecule has 4 saturated carbocycles. The van der Waals surface area contributed by atoms with Gasteiger partial charge in [0, 0.05) is 0 Å². The molecule has 3 heteroatoms. The van der Waals surface area contributed by atoms with Crippen LogP contribution in [0.1, 0.15) is 79.1 Å². The van der Waals surface area contributed by atoms with Gasteiger partial charge in [-0.25, -0.2) is 0 Å². The third-order valence-corrected chi connectivity index (χ3v) is 20.9. The SMILES string of the molecule is CC(C)[Si](O[Si](C(C)C)(C1CC1)C1CC1)(C1CC1)C1CC1. The van der Waals surface area contributed by atoms with Crippen LogP contribution in [0.25, 0.3) is 0 Å². The van der Waals surface area contributed by atoms with Crippen LogP contribution >= 0.6 is 0 Å². The van der Waals surface area contributed by atoms with E-state index in [2.05, 4.69) is 27.7 Å². The smallest absolute Gasteiger partial charge is 0.188 e. The molecule has 0 aromatic rings. The Morgan fingerprint density at radius 1 is 0.571 bits per heavy atom. The molecule has 0 atom stereocenters. The van der Waals surface area contributed by atoms with Crippen molar-refractivity contribution in [2.45, 2.75) is 112 Å². The zero-order valence-corrected chi connectivity index (χ0v) is 16.5. The molecule has 120 valence electrons. The fourth-order valence-corrected chi connectivity index (χ4v) is 21.9. The molecule has 0 saturated heterocycles. The molecule has 0 aliphatic heterocycles. The van der Waals surface area contributed by atoms with E-state index >= 15 is 0 Å². The summed E-state index contributed by atoms with van der Waals surface area (Å²) in [5.74, 6) is 0. The molecule has 0 bridgehead atoms. The third-order valence-electron chi connectivity index (χ3n) is 7.02. The van der Waals surface area contributed by atoms with Crippen LogP contribution in [0.2, 0.25) is 33.2 Å². The molecule has 0 spiro atoms. The van der Waals surface area contributed by atoms with Gasteiger partial charge < -0.3 is 4.12 Å². The predicted molar refractivity (Wildman–Crippen MR) is 94.7 cm³/mol. The zero-order chi connectivity index (χ0) is 14.8. The highest BCUT2D eigenvalue weighted by Gasteiger charge is 2.67. The standard InChI is InChI=1S/C18H34OSi2/c1-13(2)20(15-5-6-15,16-7-8-16)19-21(14(3)4,17-9-10-17)18-11-12-18/h13-18H,5-12H2,1-4H3. The summed E-state index contributed by atoms with van der Waals surface area (Å²) in [6.45, 7) is 10.1. The minimum atomic E-state index is -1.49. The maximum Gasteiger partial charge on any atom is 0.188 e. The van der Waals surface area contributed by atoms with E-state index in [-0.39, 0.29) is 0 Å². The maximum absolute atomic E-state index is 7.72. The number of hydrogen-bond acceptors (Lipinski definition) is 1. The van der Waals surface area contributed by atoms with Gasteiger partial charge in [-0.15, -0.1) is 0 Å². The first-order valence-corrected chi connectivity index (χ1v) is 14.0. The van der Waals surface area contributed by atoms with Gasteiger partial charge in [-0.05, 0) is 33.2 Å². The average Bonchev–Trinajstić information content (AvgIpc) is 3.24. The lowest BCUT2D eigenvalue weighted by Crippen LogP contribution is -2.56. The molecular formula is C18H34OSi2. The fourth-order valence-electron chi connectivity index (χ4n) is 5.57. The summed E-state index contributed by atoms with van der Waals surface area (Å²) >= 11 is 0. The number of hydrogen-bond donors (Lipinski definition) is 0. The van der Waals surface area contributed by atoms with E-state index in [1.165, 1.54) is 51.4 Å². The summed E-state index contributed by atoms with van der Waals surface area (Å²) in [6, 6.07) is 0. The first-order chi connectivity index (χ1) is 10.0. The summed E-state index contributed by atoms with van der Waals surface area (Å²) in [4.78, 5) is 0. The topological polar surface area (TPSA) is 9.23 Å². The van der Waals surface area contributed by atoms with Crippen LogP contribution in [0.15, 0.2) is 0 Å². The van der Waals surface area contributed by atoms with Crippen LogP contribution in [0, 0.1) is 0 Å². The molecule has 4 rings (SSSR count). The lowest BCUT2D eigenvalue weighted by molar-refractivity contribution is 0.464. The normalized spacial score (nSPS) is 27.7. The van der Waals surface area contributed by atoms with Crippen LogP contribution in [-0.4, -0.2) is 16.6 Å². The first kappa shape index (κ1) is 15.0. The van der Waals surface area contributed by atoms with Crippen molar-refractivity contribution in [2.24, 2.45) is 0 Å². The van der Waals surface area contributed by atoms with Crippen LogP contribution in [-0.2, 0) is 4.12 Å². The molecule has 0 radical (unpaired) electrons. The quantitative estimate of drug-likeness (QED) is 0.472. The highest BCUT2D eigenvalue weighted by molar-refractivity contribution is 6.92. The fraction of sp³-hybridized carbons (Fsp3) is 1.00. The minimum absolute atomic E-state index is 0.862. The van der Waals surface area contributed by atoms with E-state index in [1.54, 1.807) is 0 Å². The van der Waals surface area contributed by atoms with Gasteiger partial charge in [0.25, 0.3) is 0 Å². The lowest BCUT2D eigenvalue weighted by atomic mass is 10.6. The van der Waals surface area contributed by atoms with Crippen molar-refractivity contribution in [2.75, 3.05) is 0 Å². The van der Waals surface area contributed by atoms with Gasteiger partial charge in [0.15, 0.2) is 16.6 Å². The molecule has 0 unspecified atom stereocenters. The third kappa shape index (κ3) is 2.33. The van der Waals surface area contributed by atoms with Crippen molar-refractivity contribution < 1.29 is 4.12 Å². The van der Waals surface area contributed by atoms with Crippen LogP contribution in [0.3, 0.4) is 0 Å². The Labute approximate surface area is 133 Å². The van der Waals surface area contributed by atoms with E-state index in [0.29, 0.717) is 0 Å². The van der Waals surface area contributed by atoms with Crippen molar-refractivity contribution in [3.63, 3.8) is 0 Å². The summed E-state index contributed by atoms with van der Waals surface area (Å²) in [5, 5.41) is 0. The maximum atomic E-state index is 7.72. The second-order valence-electron chi connectivity index (χ2n) is 9.22. The molecule has 0 heterocycles. The van der Waals surface area contributed by atoms with Crippen molar-refractivity contribution in [3.8, 4) is 0 Å². The van der Waals surface area contributed by atoms with Crippen molar-refractivity contribution in [1.29, 1.82) is 0 Å². The Morgan fingerprint density at radius 2 is 0.810 bits per heavy atom. The summed E-state index contributed by atoms with van der Waals surface area (Å²) in [7, 11) is -2.97. The first-order valence-electron chi connectivity index (χ1n) is 9.72. The molecule has 4 aliphatic carbocycles. The van der Waals surface area contributed by atoms with Gasteiger partial charge in [-0.3, -0.25) is 0 Å². The van der Waals surface area contributed by atoms with Crippen molar-refractivity contribution in [3.05, 3.63) is 0 Å². The highest BCUT2D eigenvalue weighted by atomic mass is 28.4. The Balaban J connectivity index is 1.69. The molecular weight excluding hydrogens is 288 g/mol. The average molecular weight is 323 g/mol. The monoisotopic (exact) mass is 322 g/mol. The molecule has 21 heavy (non-hydrogen) atoms. The molecule has 0 N–H and O–H groups in total. The summed E-state index contributed by atoms with van der Waals surface area (Å²) in [5.41, 5.74) is 5.92. The molecule has 0 aromatic heterocycles. The molecule has 4 fully saturated rings. The van der Waals surface area contributed by atoms with Crippen LogP contribution < -0.4 is 0 Å². The Morgan fingerprint density at radius 3 is 0.952 bits per heavy atom. The Bertz CT molecular complexity index is 330. The Kier molecular flexibility index (Phi) is 3.52. The Hall–Kier alpha value is 0.394. The van der Waals surface area contributed by atoms with Gasteiger partial charge in [0.05, 0.1) is 0 Å². The molecule has 0 aromatic carbocycles. The largest absolute Gasteiger partial charge is 0.454 e. The number of rotatable bonds is 8. The van der Waals surface area contributed by atoms with E-state index in [4.69, 9.17) is 4.12 Å². The van der Waals surface area contributed by atoms with Crippen LogP contribution in [0.4, 0.5) is 0 Å². The molecule has 1 nitrogen and oxygen atoms in total. The molecule has 4 aliphatic rings. The minimum Gasteiger partial charge on any atom is -0.454 e. The zero-order valence-electron chi connectivity index (χ0n) is 14.5. The summed E-state index contributed by atoms with van der Waals surface area (Å²) in [6.07, 6.45) is 12.1.